The third kappa shape index (κ3) is 7.18. The van der Waals surface area contributed by atoms with Crippen molar-refractivity contribution in [2.75, 3.05) is 13.2 Å². The van der Waals surface area contributed by atoms with Crippen LogP contribution in [0.25, 0.3) is 11.0 Å². The molecule has 29 heavy (non-hydrogen) atoms. The molecule has 1 heterocycles. The Labute approximate surface area is 171 Å². The Kier molecular flexibility index (Phi) is 9.16. The summed E-state index contributed by atoms with van der Waals surface area (Å²) in [7, 11) is 0. The van der Waals surface area contributed by atoms with E-state index in [2.05, 4.69) is 0 Å². The van der Waals surface area contributed by atoms with Crippen LogP contribution in [0.4, 0.5) is 4.39 Å². The molecule has 160 valence electrons. The largest absolute Gasteiger partial charge is 0.493 e. The summed E-state index contributed by atoms with van der Waals surface area (Å²) in [6.45, 7) is 6.34. The minimum absolute atomic E-state index is 0.0579. The van der Waals surface area contributed by atoms with Gasteiger partial charge in [0.1, 0.15) is 11.3 Å². The summed E-state index contributed by atoms with van der Waals surface area (Å²) in [5, 5.41) is 0.577. The summed E-state index contributed by atoms with van der Waals surface area (Å²) < 4.78 is 29.5. The van der Waals surface area contributed by atoms with Crippen molar-refractivity contribution < 1.29 is 23.1 Å². The molecule has 0 bridgehead atoms. The van der Waals surface area contributed by atoms with Gasteiger partial charge in [0.15, 0.2) is 0 Å². The predicted octanol–water partition coefficient (Wildman–Crippen LogP) is 5.55. The second-order valence-corrected chi connectivity index (χ2v) is 7.63. The molecule has 0 radical (unpaired) electrons. The van der Waals surface area contributed by atoms with Crippen molar-refractivity contribution in [3.8, 4) is 5.75 Å². The molecule has 0 spiro atoms. The predicted molar refractivity (Wildman–Crippen MR) is 111 cm³/mol. The number of aryl methyl sites for hydroxylation is 1. The number of hydrogen-bond acceptors (Lipinski definition) is 5. The highest BCUT2D eigenvalue weighted by Crippen LogP contribution is 2.23. The highest BCUT2D eigenvalue weighted by atomic mass is 19.1. The van der Waals surface area contributed by atoms with Crippen LogP contribution >= 0.6 is 0 Å². The molecule has 0 aliphatic carbocycles. The molecule has 1 aromatic heterocycles. The van der Waals surface area contributed by atoms with E-state index in [0.717, 1.165) is 44.9 Å². The van der Waals surface area contributed by atoms with Crippen LogP contribution in [0.5, 0.6) is 5.75 Å². The molecule has 2 rings (SSSR count). The van der Waals surface area contributed by atoms with Gasteiger partial charge in [-0.3, -0.25) is 4.79 Å². The van der Waals surface area contributed by atoms with Crippen molar-refractivity contribution in [1.29, 1.82) is 0 Å². The average molecular weight is 406 g/mol. The molecule has 5 nitrogen and oxygen atoms in total. The number of esters is 1. The molecular weight excluding hydrogens is 375 g/mol. The van der Waals surface area contributed by atoms with E-state index >= 15 is 0 Å². The van der Waals surface area contributed by atoms with Gasteiger partial charge in [0, 0.05) is 17.0 Å². The molecule has 0 amide bonds. The Morgan fingerprint density at radius 2 is 1.66 bits per heavy atom. The van der Waals surface area contributed by atoms with Gasteiger partial charge in [-0.15, -0.1) is 0 Å². The summed E-state index contributed by atoms with van der Waals surface area (Å²) in [6, 6.07) is 5.11. The third-order valence-electron chi connectivity index (χ3n) is 4.84. The van der Waals surface area contributed by atoms with E-state index in [0.29, 0.717) is 35.5 Å². The smallest absolute Gasteiger partial charge is 0.372 e. The highest BCUT2D eigenvalue weighted by molar-refractivity contribution is 5.81. The van der Waals surface area contributed by atoms with E-state index in [1.807, 2.05) is 13.8 Å². The van der Waals surface area contributed by atoms with Crippen molar-refractivity contribution in [2.45, 2.75) is 65.7 Å². The van der Waals surface area contributed by atoms with Crippen LogP contribution in [0.15, 0.2) is 27.4 Å². The lowest BCUT2D eigenvalue weighted by Crippen LogP contribution is -2.12. The zero-order valence-electron chi connectivity index (χ0n) is 17.6. The number of ether oxygens (including phenoxy) is 2. The Hall–Kier alpha value is -2.37. The van der Waals surface area contributed by atoms with Crippen molar-refractivity contribution in [1.82, 2.24) is 0 Å². The zero-order valence-corrected chi connectivity index (χ0v) is 17.6. The van der Waals surface area contributed by atoms with E-state index in [1.54, 1.807) is 25.1 Å². The SMILES string of the molecule is Cc1c(F)c(=O)oc2cc(OCCCCCCCCCOC(=O)C(C)C)ccc12. The molecule has 0 N–H and O–H groups in total. The number of rotatable bonds is 12. The average Bonchev–Trinajstić information content (AvgIpc) is 2.69. The van der Waals surface area contributed by atoms with Crippen LogP contribution in [-0.2, 0) is 9.53 Å². The second kappa shape index (κ2) is 11.6. The summed E-state index contributed by atoms with van der Waals surface area (Å²) in [6.07, 6.45) is 7.45. The molecule has 0 saturated heterocycles. The minimum atomic E-state index is -0.953. The third-order valence-corrected chi connectivity index (χ3v) is 4.84. The standard InChI is InChI=1S/C23H31FO5/c1-16(2)22(25)28-14-10-8-6-4-5-7-9-13-27-18-11-12-19-17(3)21(24)23(26)29-20(19)15-18/h11-12,15-16H,4-10,13-14H2,1-3H3. The fourth-order valence-corrected chi connectivity index (χ4v) is 3.02. The van der Waals surface area contributed by atoms with Gasteiger partial charge in [-0.2, -0.15) is 4.39 Å². The van der Waals surface area contributed by atoms with Crippen molar-refractivity contribution in [2.24, 2.45) is 5.92 Å². The lowest BCUT2D eigenvalue weighted by molar-refractivity contribution is -0.147. The molecule has 2 aromatic rings. The maximum Gasteiger partial charge on any atom is 0.372 e. The Bertz CT molecular complexity index is 856. The molecular formula is C23H31FO5. The summed E-state index contributed by atoms with van der Waals surface area (Å²) >= 11 is 0. The van der Waals surface area contributed by atoms with E-state index in [1.165, 1.54) is 0 Å². The van der Waals surface area contributed by atoms with Crippen molar-refractivity contribution in [3.63, 3.8) is 0 Å². The van der Waals surface area contributed by atoms with Crippen LogP contribution < -0.4 is 10.4 Å². The van der Waals surface area contributed by atoms with Gasteiger partial charge in [0.25, 0.3) is 0 Å². The van der Waals surface area contributed by atoms with Crippen LogP contribution in [0.1, 0.15) is 64.4 Å². The summed E-state index contributed by atoms with van der Waals surface area (Å²) in [5.74, 6) is -0.413. The van der Waals surface area contributed by atoms with E-state index in [-0.39, 0.29) is 11.9 Å². The number of halogens is 1. The van der Waals surface area contributed by atoms with Crippen LogP contribution in [-0.4, -0.2) is 19.2 Å². The van der Waals surface area contributed by atoms with Gasteiger partial charge >= 0.3 is 11.6 Å². The first kappa shape index (κ1) is 22.9. The quantitative estimate of drug-likeness (QED) is 0.263. The molecule has 0 atom stereocenters. The van der Waals surface area contributed by atoms with Gasteiger partial charge in [-0.05, 0) is 31.9 Å². The van der Waals surface area contributed by atoms with Gasteiger partial charge in [0.2, 0.25) is 5.82 Å². The van der Waals surface area contributed by atoms with Gasteiger partial charge < -0.3 is 13.9 Å². The van der Waals surface area contributed by atoms with Crippen LogP contribution in [0.2, 0.25) is 0 Å². The topological polar surface area (TPSA) is 65.7 Å². The molecule has 0 aliphatic heterocycles. The van der Waals surface area contributed by atoms with E-state index in [9.17, 15) is 14.0 Å². The van der Waals surface area contributed by atoms with Crippen molar-refractivity contribution >= 4 is 16.9 Å². The number of unbranched alkanes of at least 4 members (excludes halogenated alkanes) is 6. The fourth-order valence-electron chi connectivity index (χ4n) is 3.02. The number of carbonyl (C=O) groups excluding carboxylic acids is 1. The first-order valence-corrected chi connectivity index (χ1v) is 10.4. The molecule has 0 unspecified atom stereocenters. The first-order valence-electron chi connectivity index (χ1n) is 10.4. The molecule has 0 aliphatic rings. The molecule has 6 heteroatoms. The Morgan fingerprint density at radius 3 is 2.31 bits per heavy atom. The fraction of sp³-hybridized carbons (Fsp3) is 0.565. The van der Waals surface area contributed by atoms with Gasteiger partial charge in [-0.25, -0.2) is 4.79 Å². The lowest BCUT2D eigenvalue weighted by Gasteiger charge is -2.08. The molecule has 0 saturated carbocycles. The maximum absolute atomic E-state index is 13.6. The minimum Gasteiger partial charge on any atom is -0.493 e. The van der Waals surface area contributed by atoms with E-state index < -0.39 is 11.4 Å². The molecule has 1 aromatic carbocycles. The van der Waals surface area contributed by atoms with Gasteiger partial charge in [-0.1, -0.05) is 46.0 Å². The molecule has 0 fully saturated rings. The summed E-state index contributed by atoms with van der Waals surface area (Å²) in [5.41, 5.74) is -0.323. The Morgan fingerprint density at radius 1 is 1.03 bits per heavy atom. The van der Waals surface area contributed by atoms with E-state index in [4.69, 9.17) is 13.9 Å². The maximum atomic E-state index is 13.6. The normalized spacial score (nSPS) is 11.2. The number of fused-ring (bicyclic) bond motifs is 1. The monoisotopic (exact) mass is 406 g/mol. The highest BCUT2D eigenvalue weighted by Gasteiger charge is 2.11. The zero-order chi connectivity index (χ0) is 21.2. The van der Waals surface area contributed by atoms with Gasteiger partial charge in [0.05, 0.1) is 19.1 Å². The second-order valence-electron chi connectivity index (χ2n) is 7.63. The Balaban J connectivity index is 1.57. The lowest BCUT2D eigenvalue weighted by atomic mass is 10.1. The van der Waals surface area contributed by atoms with Crippen LogP contribution in [0.3, 0.4) is 0 Å². The van der Waals surface area contributed by atoms with Crippen LogP contribution in [0, 0.1) is 18.7 Å². The number of benzene rings is 1. The number of carbonyl (C=O) groups is 1. The number of hydrogen-bond donors (Lipinski definition) is 0. The van der Waals surface area contributed by atoms with Crippen molar-refractivity contribution in [3.05, 3.63) is 40.0 Å². The first-order chi connectivity index (χ1) is 13.9. The summed E-state index contributed by atoms with van der Waals surface area (Å²) in [4.78, 5) is 22.8.